The lowest BCUT2D eigenvalue weighted by molar-refractivity contribution is 0.447. The van der Waals surface area contributed by atoms with Crippen molar-refractivity contribution in [2.24, 2.45) is 5.73 Å². The lowest BCUT2D eigenvalue weighted by Crippen LogP contribution is -1.92. The molecular weight excluding hydrogens is 174 g/mol. The molecule has 0 fully saturated rings. The molecule has 0 unspecified atom stereocenters. The average Bonchev–Trinajstić information content (AvgIpc) is 2.16. The van der Waals surface area contributed by atoms with Crippen LogP contribution in [0.4, 0.5) is 0 Å². The minimum absolute atomic E-state index is 0.475. The molecule has 0 saturated heterocycles. The summed E-state index contributed by atoms with van der Waals surface area (Å²) in [5, 5.41) is 0. The summed E-state index contributed by atoms with van der Waals surface area (Å²) >= 11 is 0. The summed E-state index contributed by atoms with van der Waals surface area (Å²) in [7, 11) is 0. The van der Waals surface area contributed by atoms with Gasteiger partial charge in [0.2, 0.25) is 0 Å². The lowest BCUT2D eigenvalue weighted by Gasteiger charge is -2.03. The highest BCUT2D eigenvalue weighted by Crippen LogP contribution is 2.12. The number of allylic oxidation sites excluding steroid dienone is 2. The highest BCUT2D eigenvalue weighted by atomic mass is 16.5. The second-order valence-electron chi connectivity index (χ2n) is 2.79. The van der Waals surface area contributed by atoms with Crippen LogP contribution in [0.3, 0.4) is 0 Å². The van der Waals surface area contributed by atoms with Crippen molar-refractivity contribution >= 4 is 0 Å². The van der Waals surface area contributed by atoms with Gasteiger partial charge < -0.3 is 10.5 Å². The number of hydrogen-bond donors (Lipinski definition) is 1. The van der Waals surface area contributed by atoms with Gasteiger partial charge in [-0.25, -0.2) is 0 Å². The van der Waals surface area contributed by atoms with Crippen molar-refractivity contribution < 1.29 is 4.74 Å². The second kappa shape index (κ2) is 4.92. The van der Waals surface area contributed by atoms with Crippen LogP contribution in [0.2, 0.25) is 0 Å². The first-order valence-electron chi connectivity index (χ1n) is 4.23. The van der Waals surface area contributed by atoms with Crippen molar-refractivity contribution in [1.82, 2.24) is 0 Å². The molecule has 0 bridgehead atoms. The van der Waals surface area contributed by atoms with Gasteiger partial charge in [-0.15, -0.1) is 0 Å². The van der Waals surface area contributed by atoms with Gasteiger partial charge >= 0.3 is 0 Å². The van der Waals surface area contributed by atoms with Crippen LogP contribution in [-0.2, 0) is 0 Å². The molecule has 72 valence electrons. The average molecular weight is 187 g/mol. The summed E-state index contributed by atoms with van der Waals surface area (Å²) in [5.74, 6) is 1.28. The minimum atomic E-state index is 0.475. The Hall–Kier alpha value is -1.96. The van der Waals surface area contributed by atoms with Crippen molar-refractivity contribution in [1.29, 1.82) is 0 Å². The normalized spacial score (nSPS) is 10.0. The number of rotatable bonds is 4. The molecule has 0 amide bonds. The molecule has 1 rings (SSSR count). The number of hydrogen-bond acceptors (Lipinski definition) is 2. The van der Waals surface area contributed by atoms with Crippen molar-refractivity contribution in [3.8, 4) is 5.75 Å². The van der Waals surface area contributed by atoms with Gasteiger partial charge in [0.1, 0.15) is 11.5 Å². The van der Waals surface area contributed by atoms with Crippen LogP contribution in [0.25, 0.3) is 0 Å². The molecule has 1 aromatic rings. The van der Waals surface area contributed by atoms with Crippen molar-refractivity contribution in [3.63, 3.8) is 0 Å². The topological polar surface area (TPSA) is 35.2 Å². The maximum atomic E-state index is 5.39. The Labute approximate surface area is 84.0 Å². The third kappa shape index (κ3) is 3.63. The molecule has 0 aliphatic rings. The van der Waals surface area contributed by atoms with Crippen LogP contribution in [-0.4, -0.2) is 0 Å². The highest BCUT2D eigenvalue weighted by molar-refractivity contribution is 5.27. The van der Waals surface area contributed by atoms with Gasteiger partial charge in [-0.2, -0.15) is 0 Å². The number of benzene rings is 1. The molecule has 2 heteroatoms. The Morgan fingerprint density at radius 1 is 1.14 bits per heavy atom. The fourth-order valence-corrected chi connectivity index (χ4v) is 0.874. The van der Waals surface area contributed by atoms with Crippen LogP contribution < -0.4 is 10.5 Å². The number of nitrogens with two attached hydrogens (primary N) is 1. The summed E-state index contributed by atoms with van der Waals surface area (Å²) in [4.78, 5) is 0. The van der Waals surface area contributed by atoms with Crippen molar-refractivity contribution in [3.05, 3.63) is 67.1 Å². The molecule has 1 aromatic carbocycles. The van der Waals surface area contributed by atoms with E-state index in [0.29, 0.717) is 11.5 Å². The molecule has 2 N–H and O–H groups in total. The fraction of sp³-hybridized carbons (Fsp3) is 0. The van der Waals surface area contributed by atoms with Gasteiger partial charge in [-0.05, 0) is 24.3 Å². The largest absolute Gasteiger partial charge is 0.458 e. The highest BCUT2D eigenvalue weighted by Gasteiger charge is 1.92. The molecular formula is C12H13NO. The number of para-hydroxylation sites is 1. The van der Waals surface area contributed by atoms with Crippen LogP contribution in [0.5, 0.6) is 5.75 Å². The van der Waals surface area contributed by atoms with Crippen molar-refractivity contribution in [2.75, 3.05) is 0 Å². The Kier molecular flexibility index (Phi) is 3.56. The van der Waals surface area contributed by atoms with Crippen LogP contribution in [0.1, 0.15) is 0 Å². The zero-order valence-corrected chi connectivity index (χ0v) is 7.94. The monoisotopic (exact) mass is 187 g/mol. The molecule has 0 radical (unpaired) electrons. The van der Waals surface area contributed by atoms with E-state index in [1.807, 2.05) is 30.3 Å². The summed E-state index contributed by atoms with van der Waals surface area (Å²) < 4.78 is 5.39. The minimum Gasteiger partial charge on any atom is -0.458 e. The van der Waals surface area contributed by atoms with E-state index in [0.717, 1.165) is 5.75 Å². The Balaban J connectivity index is 2.54. The Morgan fingerprint density at radius 2 is 1.79 bits per heavy atom. The predicted molar refractivity (Wildman–Crippen MR) is 58.7 cm³/mol. The maximum absolute atomic E-state index is 5.39. The third-order valence-corrected chi connectivity index (χ3v) is 1.48. The molecule has 14 heavy (non-hydrogen) atoms. The van der Waals surface area contributed by atoms with Gasteiger partial charge in [-0.3, -0.25) is 0 Å². The Bertz CT molecular complexity index is 352. The molecule has 0 spiro atoms. The Morgan fingerprint density at radius 3 is 2.36 bits per heavy atom. The molecule has 0 aliphatic heterocycles. The van der Waals surface area contributed by atoms with E-state index in [1.54, 1.807) is 12.2 Å². The van der Waals surface area contributed by atoms with E-state index in [4.69, 9.17) is 10.5 Å². The van der Waals surface area contributed by atoms with E-state index in [-0.39, 0.29) is 0 Å². The van der Waals surface area contributed by atoms with E-state index in [9.17, 15) is 0 Å². The van der Waals surface area contributed by atoms with E-state index >= 15 is 0 Å². The lowest BCUT2D eigenvalue weighted by atomic mass is 10.3. The molecule has 0 aromatic heterocycles. The van der Waals surface area contributed by atoms with Gasteiger partial charge in [-0.1, -0.05) is 31.4 Å². The summed E-state index contributed by atoms with van der Waals surface area (Å²) in [6.07, 6.45) is 3.32. The van der Waals surface area contributed by atoms with Crippen LogP contribution in [0.15, 0.2) is 67.1 Å². The SMILES string of the molecule is C=C(N)/C=C\C(=C)Oc1ccccc1. The standard InChI is InChI=1S/C12H13NO/c1-10(13)8-9-11(2)14-12-6-4-3-5-7-12/h3-9H,1-2,13H2/b9-8-. The summed E-state index contributed by atoms with van der Waals surface area (Å²) in [6, 6.07) is 9.43. The first kappa shape index (κ1) is 10.1. The van der Waals surface area contributed by atoms with Crippen molar-refractivity contribution in [2.45, 2.75) is 0 Å². The molecule has 0 heterocycles. The van der Waals surface area contributed by atoms with Gasteiger partial charge in [0.25, 0.3) is 0 Å². The molecule has 0 aliphatic carbocycles. The summed E-state index contributed by atoms with van der Waals surface area (Å²) in [5.41, 5.74) is 5.83. The van der Waals surface area contributed by atoms with E-state index in [1.165, 1.54) is 0 Å². The van der Waals surface area contributed by atoms with E-state index < -0.39 is 0 Å². The fourth-order valence-electron chi connectivity index (χ4n) is 0.874. The second-order valence-corrected chi connectivity index (χ2v) is 2.79. The molecule has 0 saturated carbocycles. The van der Waals surface area contributed by atoms with Gasteiger partial charge in [0, 0.05) is 5.70 Å². The van der Waals surface area contributed by atoms with E-state index in [2.05, 4.69) is 13.2 Å². The first-order valence-corrected chi connectivity index (χ1v) is 4.23. The smallest absolute Gasteiger partial charge is 0.127 e. The molecule has 0 atom stereocenters. The van der Waals surface area contributed by atoms with Crippen LogP contribution >= 0.6 is 0 Å². The first-order chi connectivity index (χ1) is 6.68. The quantitative estimate of drug-likeness (QED) is 0.581. The number of ether oxygens (including phenoxy) is 1. The molecule has 2 nitrogen and oxygen atoms in total. The zero-order chi connectivity index (χ0) is 10.4. The van der Waals surface area contributed by atoms with Gasteiger partial charge in [0.05, 0.1) is 0 Å². The van der Waals surface area contributed by atoms with Gasteiger partial charge in [0.15, 0.2) is 0 Å². The third-order valence-electron chi connectivity index (χ3n) is 1.48. The maximum Gasteiger partial charge on any atom is 0.127 e. The van der Waals surface area contributed by atoms with Crippen LogP contribution in [0, 0.1) is 0 Å². The zero-order valence-electron chi connectivity index (χ0n) is 7.94. The summed E-state index contributed by atoms with van der Waals surface area (Å²) in [6.45, 7) is 7.24. The predicted octanol–water partition coefficient (Wildman–Crippen LogP) is 2.61.